The molecule has 162 valence electrons. The molecular weight excluding hydrogens is 416 g/mol. The van der Waals surface area contributed by atoms with Crippen molar-refractivity contribution in [3.05, 3.63) is 22.8 Å². The largest absolute Gasteiger partial charge is 0.507 e. The van der Waals surface area contributed by atoms with Crippen LogP contribution in [-0.2, 0) is 9.53 Å². The van der Waals surface area contributed by atoms with Crippen molar-refractivity contribution in [1.82, 2.24) is 15.4 Å². The summed E-state index contributed by atoms with van der Waals surface area (Å²) in [4.78, 5) is 27.0. The Balaban J connectivity index is 1.86. The van der Waals surface area contributed by atoms with Crippen LogP contribution in [-0.4, -0.2) is 71.5 Å². The summed E-state index contributed by atoms with van der Waals surface area (Å²) in [5.41, 5.74) is -0.0375. The average molecular weight is 439 g/mol. The van der Waals surface area contributed by atoms with Gasteiger partial charge in [0.2, 0.25) is 5.91 Å². The first-order valence-electron chi connectivity index (χ1n) is 9.50. The molecular formula is C19H23ClN4O6. The number of amides is 2. The molecule has 0 bridgehead atoms. The second kappa shape index (κ2) is 9.79. The number of phenolic OH excluding ortho intramolecular Hbond substituents is 2. The zero-order valence-corrected chi connectivity index (χ0v) is 17.2. The van der Waals surface area contributed by atoms with E-state index in [1.165, 1.54) is 6.07 Å². The van der Waals surface area contributed by atoms with Crippen molar-refractivity contribution in [2.75, 3.05) is 44.7 Å². The number of rotatable bonds is 7. The quantitative estimate of drug-likeness (QED) is 0.513. The second-order valence-electron chi connectivity index (χ2n) is 6.67. The smallest absolute Gasteiger partial charge is 0.275 e. The minimum absolute atomic E-state index is 0.0185. The van der Waals surface area contributed by atoms with Crippen LogP contribution in [0.4, 0.5) is 5.69 Å². The molecule has 10 nitrogen and oxygen atoms in total. The van der Waals surface area contributed by atoms with Gasteiger partial charge in [-0.2, -0.15) is 0 Å². The van der Waals surface area contributed by atoms with Crippen LogP contribution in [0.1, 0.15) is 23.8 Å². The zero-order valence-electron chi connectivity index (χ0n) is 16.4. The van der Waals surface area contributed by atoms with Gasteiger partial charge in [-0.05, 0) is 13.0 Å². The number of benzene rings is 1. The Kier molecular flexibility index (Phi) is 7.14. The molecule has 1 saturated heterocycles. The summed E-state index contributed by atoms with van der Waals surface area (Å²) in [6.45, 7) is 5.36. The number of carbonyl (C=O) groups is 2. The maximum absolute atomic E-state index is 12.6. The molecule has 1 aliphatic heterocycles. The Morgan fingerprint density at radius 3 is 2.67 bits per heavy atom. The van der Waals surface area contributed by atoms with Gasteiger partial charge in [-0.25, -0.2) is 0 Å². The summed E-state index contributed by atoms with van der Waals surface area (Å²) in [5.74, 6) is -1.60. The third kappa shape index (κ3) is 5.02. The number of anilines is 1. The Morgan fingerprint density at radius 1 is 1.23 bits per heavy atom. The predicted octanol–water partition coefficient (Wildman–Crippen LogP) is 1.82. The SMILES string of the molecule is CCNC(=O)c1noc(-c2cc(Cl)c(O)cc2O)c1NC(=O)CCN1CCOCC1. The second-order valence-corrected chi connectivity index (χ2v) is 7.07. The number of morpholine rings is 1. The van der Waals surface area contributed by atoms with Gasteiger partial charge in [-0.1, -0.05) is 16.8 Å². The Hall–Kier alpha value is -2.82. The number of phenols is 2. The van der Waals surface area contributed by atoms with Gasteiger partial charge in [0, 0.05) is 38.7 Å². The number of nitrogens with zero attached hydrogens (tertiary/aromatic N) is 2. The molecule has 1 fully saturated rings. The molecule has 30 heavy (non-hydrogen) atoms. The predicted molar refractivity (Wildman–Crippen MR) is 109 cm³/mol. The van der Waals surface area contributed by atoms with E-state index in [1.807, 2.05) is 0 Å². The number of hydrogen-bond acceptors (Lipinski definition) is 8. The number of aromatic nitrogens is 1. The number of hydrogen-bond donors (Lipinski definition) is 4. The van der Waals surface area contributed by atoms with Crippen LogP contribution >= 0.6 is 11.6 Å². The summed E-state index contributed by atoms with van der Waals surface area (Å²) < 4.78 is 10.6. The molecule has 4 N–H and O–H groups in total. The van der Waals surface area contributed by atoms with E-state index in [9.17, 15) is 19.8 Å². The lowest BCUT2D eigenvalue weighted by Gasteiger charge is -2.26. The fraction of sp³-hybridized carbons (Fsp3) is 0.421. The van der Waals surface area contributed by atoms with Gasteiger partial charge in [0.25, 0.3) is 5.91 Å². The van der Waals surface area contributed by atoms with Gasteiger partial charge < -0.3 is 30.1 Å². The fourth-order valence-electron chi connectivity index (χ4n) is 3.01. The van der Waals surface area contributed by atoms with E-state index in [-0.39, 0.29) is 51.6 Å². The first-order valence-corrected chi connectivity index (χ1v) is 9.88. The molecule has 3 rings (SSSR count). The summed E-state index contributed by atoms with van der Waals surface area (Å²) >= 11 is 5.94. The van der Waals surface area contributed by atoms with Crippen LogP contribution in [0.15, 0.2) is 16.7 Å². The Bertz CT molecular complexity index is 926. The van der Waals surface area contributed by atoms with E-state index in [2.05, 4.69) is 20.7 Å². The first kappa shape index (κ1) is 21.9. The van der Waals surface area contributed by atoms with E-state index in [0.717, 1.165) is 19.2 Å². The van der Waals surface area contributed by atoms with E-state index < -0.39 is 5.91 Å². The van der Waals surface area contributed by atoms with Crippen molar-refractivity contribution >= 4 is 29.1 Å². The van der Waals surface area contributed by atoms with Crippen LogP contribution in [0.2, 0.25) is 5.02 Å². The summed E-state index contributed by atoms with van der Waals surface area (Å²) in [5, 5.41) is 28.9. The van der Waals surface area contributed by atoms with Gasteiger partial charge in [0.1, 0.15) is 17.2 Å². The van der Waals surface area contributed by atoms with Crippen molar-refractivity contribution in [2.24, 2.45) is 0 Å². The zero-order chi connectivity index (χ0) is 21.7. The minimum Gasteiger partial charge on any atom is -0.507 e. The molecule has 11 heteroatoms. The highest BCUT2D eigenvalue weighted by Crippen LogP contribution is 2.41. The topological polar surface area (TPSA) is 137 Å². The molecule has 1 aromatic carbocycles. The van der Waals surface area contributed by atoms with Crippen molar-refractivity contribution in [3.8, 4) is 22.8 Å². The standard InChI is InChI=1S/C19H23ClN4O6/c1-2-21-19(28)17-16(22-15(27)3-4-24-5-7-29-8-6-24)18(30-23-17)11-9-12(20)14(26)10-13(11)25/h9-10,25-26H,2-8H2,1H3,(H,21,28)(H,22,27). The lowest BCUT2D eigenvalue weighted by Crippen LogP contribution is -2.38. The molecule has 2 heterocycles. The van der Waals surface area contributed by atoms with Gasteiger partial charge in [0.05, 0.1) is 23.8 Å². The van der Waals surface area contributed by atoms with Crippen molar-refractivity contribution in [2.45, 2.75) is 13.3 Å². The normalized spacial score (nSPS) is 14.5. The molecule has 0 saturated carbocycles. The monoisotopic (exact) mass is 438 g/mol. The number of ether oxygens (including phenoxy) is 1. The molecule has 1 aliphatic rings. The molecule has 0 radical (unpaired) electrons. The minimum atomic E-state index is -0.541. The number of halogens is 1. The van der Waals surface area contributed by atoms with E-state index in [0.29, 0.717) is 26.3 Å². The van der Waals surface area contributed by atoms with Gasteiger partial charge in [-0.15, -0.1) is 0 Å². The molecule has 0 unspecified atom stereocenters. The maximum atomic E-state index is 12.6. The molecule has 0 aliphatic carbocycles. The van der Waals surface area contributed by atoms with E-state index in [4.69, 9.17) is 20.9 Å². The van der Waals surface area contributed by atoms with Crippen LogP contribution in [0.3, 0.4) is 0 Å². The first-order chi connectivity index (χ1) is 14.4. The third-order valence-corrected chi connectivity index (χ3v) is 4.88. The third-order valence-electron chi connectivity index (χ3n) is 4.58. The molecule has 0 atom stereocenters. The highest BCUT2D eigenvalue weighted by molar-refractivity contribution is 6.32. The lowest BCUT2D eigenvalue weighted by molar-refractivity contribution is -0.116. The Labute approximate surface area is 177 Å². The van der Waals surface area contributed by atoms with Crippen molar-refractivity contribution in [3.63, 3.8) is 0 Å². The van der Waals surface area contributed by atoms with E-state index >= 15 is 0 Å². The van der Waals surface area contributed by atoms with Crippen molar-refractivity contribution in [1.29, 1.82) is 0 Å². The summed E-state index contributed by atoms with van der Waals surface area (Å²) in [6.07, 6.45) is 0.182. The number of nitrogens with one attached hydrogen (secondary N) is 2. The van der Waals surface area contributed by atoms with Gasteiger partial charge in [-0.3, -0.25) is 14.5 Å². The van der Waals surface area contributed by atoms with Gasteiger partial charge >= 0.3 is 0 Å². The van der Waals surface area contributed by atoms with Gasteiger partial charge in [0.15, 0.2) is 11.5 Å². The number of carbonyl (C=O) groups excluding carboxylic acids is 2. The molecule has 1 aromatic heterocycles. The molecule has 2 aromatic rings. The Morgan fingerprint density at radius 2 is 1.97 bits per heavy atom. The van der Waals surface area contributed by atoms with Crippen LogP contribution in [0.5, 0.6) is 11.5 Å². The summed E-state index contributed by atoms with van der Waals surface area (Å²) in [7, 11) is 0. The highest BCUT2D eigenvalue weighted by atomic mass is 35.5. The number of aromatic hydroxyl groups is 2. The fourth-order valence-corrected chi connectivity index (χ4v) is 3.17. The van der Waals surface area contributed by atoms with Crippen molar-refractivity contribution < 1.29 is 29.1 Å². The summed E-state index contributed by atoms with van der Waals surface area (Å²) in [6, 6.07) is 2.30. The lowest BCUT2D eigenvalue weighted by atomic mass is 10.1. The van der Waals surface area contributed by atoms with Crippen LogP contribution in [0.25, 0.3) is 11.3 Å². The maximum Gasteiger partial charge on any atom is 0.275 e. The average Bonchev–Trinajstić information content (AvgIpc) is 3.13. The molecule has 0 spiro atoms. The van der Waals surface area contributed by atoms with E-state index in [1.54, 1.807) is 6.92 Å². The van der Waals surface area contributed by atoms with Crippen LogP contribution < -0.4 is 10.6 Å². The highest BCUT2D eigenvalue weighted by Gasteiger charge is 2.27. The molecule has 2 amide bonds. The van der Waals surface area contributed by atoms with Crippen LogP contribution in [0, 0.1) is 0 Å².